The number of urea groups is 1. The highest BCUT2D eigenvalue weighted by Gasteiger charge is 2.50. The fourth-order valence-corrected chi connectivity index (χ4v) is 2.62. The Kier molecular flexibility index (Phi) is 3.14. The molecule has 0 bridgehead atoms. The zero-order valence-electron chi connectivity index (χ0n) is 9.50. The van der Waals surface area contributed by atoms with Gasteiger partial charge in [0, 0.05) is 6.54 Å². The predicted octanol–water partition coefficient (Wildman–Crippen LogP) is 0.590. The van der Waals surface area contributed by atoms with Gasteiger partial charge in [0.15, 0.2) is 0 Å². The van der Waals surface area contributed by atoms with Crippen LogP contribution in [0.4, 0.5) is 4.79 Å². The molecule has 2 aliphatic rings. The van der Waals surface area contributed by atoms with Crippen LogP contribution in [0.25, 0.3) is 0 Å². The quantitative estimate of drug-likeness (QED) is 0.690. The van der Waals surface area contributed by atoms with Gasteiger partial charge in [0.2, 0.25) is 0 Å². The lowest BCUT2D eigenvalue weighted by atomic mass is 9.82. The molecule has 1 saturated heterocycles. The molecular weight excluding hydrogens is 206 g/mol. The number of hydrogen-bond acceptors (Lipinski definition) is 3. The Labute approximate surface area is 95.3 Å². The van der Waals surface area contributed by atoms with Gasteiger partial charge in [0.05, 0.1) is 0 Å². The zero-order valence-corrected chi connectivity index (χ0v) is 9.50. The first kappa shape index (κ1) is 11.4. The summed E-state index contributed by atoms with van der Waals surface area (Å²) in [5.74, 6) is -0.0364. The molecular formula is C11H19N3O2. The van der Waals surface area contributed by atoms with Crippen LogP contribution in [0.5, 0.6) is 0 Å². The second-order valence-corrected chi connectivity index (χ2v) is 4.67. The maximum absolute atomic E-state index is 12.2. The first-order chi connectivity index (χ1) is 7.69. The highest BCUT2D eigenvalue weighted by molar-refractivity contribution is 6.07. The van der Waals surface area contributed by atoms with E-state index in [2.05, 4.69) is 5.32 Å². The maximum Gasteiger partial charge on any atom is 0.325 e. The minimum absolute atomic E-state index is 0.0364. The number of rotatable bonds is 3. The smallest absolute Gasteiger partial charge is 0.325 e. The second-order valence-electron chi connectivity index (χ2n) is 4.67. The van der Waals surface area contributed by atoms with E-state index < -0.39 is 5.54 Å². The van der Waals surface area contributed by atoms with Crippen LogP contribution in [0.3, 0.4) is 0 Å². The number of amides is 3. The molecule has 0 aromatic heterocycles. The molecule has 16 heavy (non-hydrogen) atoms. The van der Waals surface area contributed by atoms with Crippen molar-refractivity contribution in [1.29, 1.82) is 0 Å². The summed E-state index contributed by atoms with van der Waals surface area (Å²) in [6, 6.07) is -0.236. The van der Waals surface area contributed by atoms with Crippen molar-refractivity contribution in [3.63, 3.8) is 0 Å². The number of nitrogens with one attached hydrogen (secondary N) is 1. The Morgan fingerprint density at radius 3 is 2.56 bits per heavy atom. The highest BCUT2D eigenvalue weighted by atomic mass is 16.2. The van der Waals surface area contributed by atoms with Gasteiger partial charge in [0.1, 0.15) is 5.54 Å². The minimum Gasteiger partial charge on any atom is -0.330 e. The van der Waals surface area contributed by atoms with Crippen molar-refractivity contribution in [2.24, 2.45) is 5.73 Å². The van der Waals surface area contributed by atoms with Crippen LogP contribution >= 0.6 is 0 Å². The molecule has 1 heterocycles. The topological polar surface area (TPSA) is 75.4 Å². The summed E-state index contributed by atoms with van der Waals surface area (Å²) in [4.78, 5) is 25.2. The van der Waals surface area contributed by atoms with E-state index in [9.17, 15) is 9.59 Å². The summed E-state index contributed by atoms with van der Waals surface area (Å²) in [5.41, 5.74) is 4.82. The Morgan fingerprint density at radius 2 is 1.94 bits per heavy atom. The van der Waals surface area contributed by atoms with Gasteiger partial charge in [-0.25, -0.2) is 4.79 Å². The average Bonchev–Trinajstić information content (AvgIpc) is 2.50. The molecule has 1 aliphatic carbocycles. The molecule has 1 saturated carbocycles. The van der Waals surface area contributed by atoms with Crippen LogP contribution in [0.15, 0.2) is 0 Å². The van der Waals surface area contributed by atoms with Gasteiger partial charge >= 0.3 is 6.03 Å². The van der Waals surface area contributed by atoms with Gasteiger partial charge in [-0.15, -0.1) is 0 Å². The van der Waals surface area contributed by atoms with Crippen LogP contribution in [0.1, 0.15) is 38.5 Å². The van der Waals surface area contributed by atoms with Gasteiger partial charge in [-0.05, 0) is 25.8 Å². The van der Waals surface area contributed by atoms with E-state index >= 15 is 0 Å². The van der Waals surface area contributed by atoms with Gasteiger partial charge in [-0.3, -0.25) is 9.69 Å². The van der Waals surface area contributed by atoms with Crippen LogP contribution in [0.2, 0.25) is 0 Å². The molecule has 3 amide bonds. The third kappa shape index (κ3) is 1.80. The minimum atomic E-state index is -0.579. The van der Waals surface area contributed by atoms with Gasteiger partial charge in [-0.1, -0.05) is 19.3 Å². The van der Waals surface area contributed by atoms with E-state index in [1.54, 1.807) is 0 Å². The fourth-order valence-electron chi connectivity index (χ4n) is 2.62. The van der Waals surface area contributed by atoms with Crippen LogP contribution in [-0.2, 0) is 4.79 Å². The van der Waals surface area contributed by atoms with E-state index in [0.717, 1.165) is 32.1 Å². The van der Waals surface area contributed by atoms with E-state index in [4.69, 9.17) is 5.73 Å². The predicted molar refractivity (Wildman–Crippen MR) is 59.7 cm³/mol. The molecule has 3 N–H and O–H groups in total. The van der Waals surface area contributed by atoms with Crippen molar-refractivity contribution in [1.82, 2.24) is 10.2 Å². The molecule has 90 valence electrons. The molecule has 5 heteroatoms. The van der Waals surface area contributed by atoms with E-state index in [1.807, 2.05) is 0 Å². The summed E-state index contributed by atoms with van der Waals surface area (Å²) < 4.78 is 0. The monoisotopic (exact) mass is 225 g/mol. The van der Waals surface area contributed by atoms with E-state index in [1.165, 1.54) is 4.90 Å². The van der Waals surface area contributed by atoms with Gasteiger partial charge in [0.25, 0.3) is 5.91 Å². The summed E-state index contributed by atoms with van der Waals surface area (Å²) in [6.45, 7) is 0.951. The first-order valence-electron chi connectivity index (χ1n) is 6.04. The van der Waals surface area contributed by atoms with Crippen molar-refractivity contribution < 1.29 is 9.59 Å². The van der Waals surface area contributed by atoms with Gasteiger partial charge in [-0.2, -0.15) is 0 Å². The zero-order chi connectivity index (χ0) is 11.6. The summed E-state index contributed by atoms with van der Waals surface area (Å²) >= 11 is 0. The first-order valence-corrected chi connectivity index (χ1v) is 6.04. The number of nitrogens with zero attached hydrogens (tertiary/aromatic N) is 1. The number of carbonyl (C=O) groups is 2. The third-order valence-corrected chi connectivity index (χ3v) is 3.54. The Hall–Kier alpha value is -1.10. The lowest BCUT2D eigenvalue weighted by Gasteiger charge is -2.30. The summed E-state index contributed by atoms with van der Waals surface area (Å²) in [6.07, 6.45) is 5.46. The highest BCUT2D eigenvalue weighted by Crippen LogP contribution is 2.33. The normalized spacial score (nSPS) is 23.9. The fraction of sp³-hybridized carbons (Fsp3) is 0.818. The van der Waals surface area contributed by atoms with Crippen molar-refractivity contribution >= 4 is 11.9 Å². The maximum atomic E-state index is 12.2. The SMILES string of the molecule is NCCCN1C(=O)NC2(CCCCC2)C1=O. The average molecular weight is 225 g/mol. The van der Waals surface area contributed by atoms with Gasteiger partial charge < -0.3 is 11.1 Å². The molecule has 0 unspecified atom stereocenters. The molecule has 0 radical (unpaired) electrons. The van der Waals surface area contributed by atoms with Crippen molar-refractivity contribution in [3.05, 3.63) is 0 Å². The second kappa shape index (κ2) is 4.41. The van der Waals surface area contributed by atoms with E-state index in [0.29, 0.717) is 19.5 Å². The molecule has 1 spiro atoms. The molecule has 0 aromatic carbocycles. The lowest BCUT2D eigenvalue weighted by molar-refractivity contribution is -0.132. The summed E-state index contributed by atoms with van der Waals surface area (Å²) in [5, 5.41) is 2.87. The third-order valence-electron chi connectivity index (χ3n) is 3.54. The number of nitrogens with two attached hydrogens (primary N) is 1. The largest absolute Gasteiger partial charge is 0.330 e. The molecule has 0 aromatic rings. The van der Waals surface area contributed by atoms with Crippen LogP contribution in [0, 0.1) is 0 Å². The molecule has 5 nitrogen and oxygen atoms in total. The van der Waals surface area contributed by atoms with Crippen molar-refractivity contribution in [2.75, 3.05) is 13.1 Å². The number of imide groups is 1. The van der Waals surface area contributed by atoms with E-state index in [-0.39, 0.29) is 11.9 Å². The standard InChI is InChI=1S/C11H19N3O2/c12-7-4-8-14-9(15)11(13-10(14)16)5-2-1-3-6-11/h1-8,12H2,(H,13,16). The number of carbonyl (C=O) groups excluding carboxylic acids is 2. The molecule has 1 aliphatic heterocycles. The summed E-state index contributed by atoms with van der Waals surface area (Å²) in [7, 11) is 0. The van der Waals surface area contributed by atoms with Crippen LogP contribution in [-0.4, -0.2) is 35.5 Å². The Morgan fingerprint density at radius 1 is 1.25 bits per heavy atom. The molecule has 0 atom stereocenters. The lowest BCUT2D eigenvalue weighted by Crippen LogP contribution is -2.48. The molecule has 2 fully saturated rings. The Bertz CT molecular complexity index is 298. The Balaban J connectivity index is 2.08. The van der Waals surface area contributed by atoms with Crippen molar-refractivity contribution in [2.45, 2.75) is 44.1 Å². The van der Waals surface area contributed by atoms with Crippen molar-refractivity contribution in [3.8, 4) is 0 Å². The van der Waals surface area contributed by atoms with Crippen LogP contribution < -0.4 is 11.1 Å². The molecule has 2 rings (SSSR count). The number of hydrogen-bond donors (Lipinski definition) is 2.